The van der Waals surface area contributed by atoms with Crippen LogP contribution < -0.4 is 0 Å². The van der Waals surface area contributed by atoms with Crippen molar-refractivity contribution in [3.63, 3.8) is 0 Å². The van der Waals surface area contributed by atoms with Crippen molar-refractivity contribution in [2.45, 2.75) is 0 Å². The van der Waals surface area contributed by atoms with Crippen molar-refractivity contribution in [1.82, 2.24) is 4.98 Å². The summed E-state index contributed by atoms with van der Waals surface area (Å²) in [7, 11) is 0. The number of fused-ring (bicyclic) bond motifs is 1. The Morgan fingerprint density at radius 3 is 2.36 bits per heavy atom. The number of pyridine rings is 1. The topological polar surface area (TPSA) is 33.1 Å². The number of hydrogen-bond donors (Lipinski definition) is 1. The van der Waals surface area contributed by atoms with Crippen molar-refractivity contribution in [2.24, 2.45) is 0 Å². The Hall–Kier alpha value is -3.39. The highest BCUT2D eigenvalue weighted by Gasteiger charge is 2.17. The second kappa shape index (κ2) is 6.25. The van der Waals surface area contributed by atoms with Gasteiger partial charge in [0.05, 0.1) is 5.52 Å². The maximum absolute atomic E-state index is 10.7. The molecule has 0 spiro atoms. The van der Waals surface area contributed by atoms with Crippen molar-refractivity contribution in [2.75, 3.05) is 0 Å². The smallest absolute Gasteiger partial charge is 0.124 e. The van der Waals surface area contributed by atoms with Gasteiger partial charge in [0.1, 0.15) is 5.75 Å². The highest BCUT2D eigenvalue weighted by molar-refractivity contribution is 6.02. The fourth-order valence-corrected chi connectivity index (χ4v) is 3.28. The van der Waals surface area contributed by atoms with Gasteiger partial charge in [0, 0.05) is 22.7 Å². The summed E-state index contributed by atoms with van der Waals surface area (Å²) in [5, 5.41) is 11.7. The first-order valence-electron chi connectivity index (χ1n) is 8.17. The molecule has 0 fully saturated rings. The number of phenols is 1. The molecular weight excluding hydrogens is 306 g/mol. The molecule has 4 rings (SSSR count). The third-order valence-electron chi connectivity index (χ3n) is 4.42. The number of para-hydroxylation sites is 1. The average molecular weight is 323 g/mol. The van der Waals surface area contributed by atoms with Gasteiger partial charge in [-0.05, 0) is 34.9 Å². The minimum absolute atomic E-state index is 0.251. The van der Waals surface area contributed by atoms with Gasteiger partial charge >= 0.3 is 0 Å². The second-order valence-electron chi connectivity index (χ2n) is 5.87. The molecule has 0 aliphatic rings. The summed E-state index contributed by atoms with van der Waals surface area (Å²) >= 11 is 0. The average Bonchev–Trinajstić information content (AvgIpc) is 2.68. The second-order valence-corrected chi connectivity index (χ2v) is 5.87. The van der Waals surface area contributed by atoms with Gasteiger partial charge in [-0.2, -0.15) is 0 Å². The third-order valence-corrected chi connectivity index (χ3v) is 4.42. The molecule has 0 saturated carbocycles. The van der Waals surface area contributed by atoms with Gasteiger partial charge in [0.15, 0.2) is 0 Å². The molecule has 2 nitrogen and oxygen atoms in total. The molecule has 120 valence electrons. The van der Waals surface area contributed by atoms with E-state index in [1.54, 1.807) is 12.3 Å². The molecule has 25 heavy (non-hydrogen) atoms. The van der Waals surface area contributed by atoms with Gasteiger partial charge < -0.3 is 5.11 Å². The van der Waals surface area contributed by atoms with E-state index in [9.17, 15) is 5.11 Å². The number of rotatable bonds is 3. The Morgan fingerprint density at radius 1 is 0.800 bits per heavy atom. The van der Waals surface area contributed by atoms with Crippen LogP contribution in [0.15, 0.2) is 85.6 Å². The van der Waals surface area contributed by atoms with Crippen molar-refractivity contribution >= 4 is 17.0 Å². The summed E-state index contributed by atoms with van der Waals surface area (Å²) in [5.74, 6) is 0.251. The van der Waals surface area contributed by atoms with E-state index in [1.807, 2.05) is 60.7 Å². The van der Waals surface area contributed by atoms with Gasteiger partial charge in [0.2, 0.25) is 0 Å². The highest BCUT2D eigenvalue weighted by Crippen LogP contribution is 2.43. The Balaban J connectivity index is 2.13. The van der Waals surface area contributed by atoms with Gasteiger partial charge in [-0.25, -0.2) is 0 Å². The molecule has 0 bridgehead atoms. The van der Waals surface area contributed by atoms with Gasteiger partial charge in [-0.15, -0.1) is 0 Å². The van der Waals surface area contributed by atoms with Crippen LogP contribution in [-0.4, -0.2) is 10.1 Å². The van der Waals surface area contributed by atoms with Crippen LogP contribution in [0.25, 0.3) is 39.2 Å². The Bertz CT molecular complexity index is 1060. The summed E-state index contributed by atoms with van der Waals surface area (Å²) in [6, 6.07) is 23.7. The molecule has 0 saturated heterocycles. The van der Waals surface area contributed by atoms with E-state index in [0.29, 0.717) is 0 Å². The van der Waals surface area contributed by atoms with Crippen LogP contribution >= 0.6 is 0 Å². The van der Waals surface area contributed by atoms with Crippen molar-refractivity contribution in [1.29, 1.82) is 0 Å². The Morgan fingerprint density at radius 2 is 1.56 bits per heavy atom. The van der Waals surface area contributed by atoms with E-state index in [-0.39, 0.29) is 5.75 Å². The lowest BCUT2D eigenvalue weighted by atomic mass is 9.88. The van der Waals surface area contributed by atoms with Gasteiger partial charge in [-0.3, -0.25) is 4.98 Å². The number of benzene rings is 3. The zero-order valence-corrected chi connectivity index (χ0v) is 13.7. The van der Waals surface area contributed by atoms with Crippen LogP contribution in [-0.2, 0) is 0 Å². The zero-order valence-electron chi connectivity index (χ0n) is 13.7. The minimum Gasteiger partial charge on any atom is -0.507 e. The fourth-order valence-electron chi connectivity index (χ4n) is 3.28. The molecule has 0 unspecified atom stereocenters. The van der Waals surface area contributed by atoms with Crippen LogP contribution in [0.1, 0.15) is 5.56 Å². The summed E-state index contributed by atoms with van der Waals surface area (Å²) < 4.78 is 0. The molecule has 0 aliphatic heterocycles. The first-order valence-corrected chi connectivity index (χ1v) is 8.17. The lowest BCUT2D eigenvalue weighted by molar-refractivity contribution is 0.477. The van der Waals surface area contributed by atoms with Crippen LogP contribution in [0.4, 0.5) is 0 Å². The monoisotopic (exact) mass is 323 g/mol. The largest absolute Gasteiger partial charge is 0.507 e. The predicted molar refractivity (Wildman–Crippen MR) is 104 cm³/mol. The first-order chi connectivity index (χ1) is 12.3. The zero-order chi connectivity index (χ0) is 17.2. The molecule has 0 atom stereocenters. The fraction of sp³-hybridized carbons (Fsp3) is 0. The highest BCUT2D eigenvalue weighted by atomic mass is 16.3. The summed E-state index contributed by atoms with van der Waals surface area (Å²) in [6.07, 6.45) is 3.61. The Labute approximate surface area is 146 Å². The lowest BCUT2D eigenvalue weighted by Crippen LogP contribution is -1.92. The normalized spacial score (nSPS) is 10.7. The van der Waals surface area contributed by atoms with Crippen LogP contribution in [0, 0.1) is 0 Å². The molecule has 1 aromatic heterocycles. The summed E-state index contributed by atoms with van der Waals surface area (Å²) in [5.41, 5.74) is 5.69. The minimum atomic E-state index is 0.251. The molecule has 1 N–H and O–H groups in total. The summed E-state index contributed by atoms with van der Waals surface area (Å²) in [6.45, 7) is 3.95. The maximum Gasteiger partial charge on any atom is 0.124 e. The van der Waals surface area contributed by atoms with Crippen LogP contribution in [0.5, 0.6) is 5.75 Å². The van der Waals surface area contributed by atoms with E-state index in [0.717, 1.165) is 38.7 Å². The van der Waals surface area contributed by atoms with Crippen molar-refractivity contribution in [3.05, 3.63) is 91.1 Å². The van der Waals surface area contributed by atoms with Crippen molar-refractivity contribution in [3.8, 4) is 28.0 Å². The molecule has 0 aliphatic carbocycles. The van der Waals surface area contributed by atoms with E-state index in [2.05, 4.69) is 23.7 Å². The molecule has 2 heteroatoms. The predicted octanol–water partition coefficient (Wildman–Crippen LogP) is 5.92. The van der Waals surface area contributed by atoms with Crippen molar-refractivity contribution < 1.29 is 5.11 Å². The standard InChI is InChI=1S/C23H17NO/c1-2-16-12-13-21(25)23(22(16)17-8-4-3-5-9-17)19-14-15-24-20-11-7-6-10-18(19)20/h2-15,25H,1H2. The molecule has 0 radical (unpaired) electrons. The van der Waals surface area contributed by atoms with E-state index < -0.39 is 0 Å². The number of aromatic nitrogens is 1. The number of aromatic hydroxyl groups is 1. The molecule has 0 amide bonds. The third kappa shape index (κ3) is 2.58. The van der Waals surface area contributed by atoms with E-state index >= 15 is 0 Å². The van der Waals surface area contributed by atoms with E-state index in [4.69, 9.17) is 0 Å². The van der Waals surface area contributed by atoms with Crippen LogP contribution in [0.3, 0.4) is 0 Å². The quantitative estimate of drug-likeness (QED) is 0.508. The Kier molecular flexibility index (Phi) is 3.79. The van der Waals surface area contributed by atoms with Gasteiger partial charge in [0.25, 0.3) is 0 Å². The van der Waals surface area contributed by atoms with Gasteiger partial charge in [-0.1, -0.05) is 67.3 Å². The van der Waals surface area contributed by atoms with E-state index in [1.165, 1.54) is 0 Å². The summed E-state index contributed by atoms with van der Waals surface area (Å²) in [4.78, 5) is 4.44. The maximum atomic E-state index is 10.7. The number of nitrogens with zero attached hydrogens (tertiary/aromatic N) is 1. The number of phenolic OH excluding ortho intramolecular Hbond substituents is 1. The van der Waals surface area contributed by atoms with Crippen LogP contribution in [0.2, 0.25) is 0 Å². The SMILES string of the molecule is C=Cc1ccc(O)c(-c2ccnc3ccccc23)c1-c1ccccc1. The number of hydrogen-bond acceptors (Lipinski definition) is 2. The molecule has 4 aromatic rings. The molecular formula is C23H17NO. The lowest BCUT2D eigenvalue weighted by Gasteiger charge is -2.17. The molecule has 1 heterocycles. The first kappa shape index (κ1) is 15.2. The molecule has 3 aromatic carbocycles.